The number of amides is 2. The Bertz CT molecular complexity index is 520. The molecule has 18 heavy (non-hydrogen) atoms. The Morgan fingerprint density at radius 3 is 2.56 bits per heavy atom. The molecule has 0 fully saturated rings. The SMILES string of the molecule is CN(C)C(=O)NCc1ccc(-c2ccccc2)s1. The molecule has 0 saturated heterocycles. The second-order valence-corrected chi connectivity index (χ2v) is 5.35. The maximum Gasteiger partial charge on any atom is 0.317 e. The van der Waals surface area contributed by atoms with Gasteiger partial charge in [0, 0.05) is 23.8 Å². The van der Waals surface area contributed by atoms with Crippen molar-refractivity contribution in [1.29, 1.82) is 0 Å². The average Bonchev–Trinajstić information content (AvgIpc) is 2.85. The number of nitrogens with one attached hydrogen (secondary N) is 1. The number of benzene rings is 1. The van der Waals surface area contributed by atoms with Crippen LogP contribution >= 0.6 is 11.3 Å². The smallest absolute Gasteiger partial charge is 0.317 e. The van der Waals surface area contributed by atoms with Crippen LogP contribution in [0.25, 0.3) is 10.4 Å². The summed E-state index contributed by atoms with van der Waals surface area (Å²) in [6.45, 7) is 0.578. The van der Waals surface area contributed by atoms with Crippen LogP contribution in [-0.4, -0.2) is 25.0 Å². The third kappa shape index (κ3) is 3.11. The lowest BCUT2D eigenvalue weighted by Gasteiger charge is -2.10. The summed E-state index contributed by atoms with van der Waals surface area (Å²) in [5, 5.41) is 2.86. The Balaban J connectivity index is 2.01. The molecule has 4 heteroatoms. The van der Waals surface area contributed by atoms with E-state index < -0.39 is 0 Å². The number of thiophene rings is 1. The molecule has 94 valence electrons. The standard InChI is InChI=1S/C14H16N2OS/c1-16(2)14(17)15-10-12-8-9-13(18-12)11-6-4-3-5-7-11/h3-9H,10H2,1-2H3,(H,15,17). The van der Waals surface area contributed by atoms with Gasteiger partial charge in [0.1, 0.15) is 0 Å². The van der Waals surface area contributed by atoms with Crippen LogP contribution in [0.2, 0.25) is 0 Å². The van der Waals surface area contributed by atoms with E-state index in [9.17, 15) is 4.79 Å². The number of hydrogen-bond donors (Lipinski definition) is 1. The normalized spacial score (nSPS) is 10.1. The van der Waals surface area contributed by atoms with Gasteiger partial charge in [-0.1, -0.05) is 30.3 Å². The van der Waals surface area contributed by atoms with Crippen LogP contribution in [0, 0.1) is 0 Å². The molecular formula is C14H16N2OS. The fourth-order valence-electron chi connectivity index (χ4n) is 1.55. The molecule has 0 aliphatic rings. The monoisotopic (exact) mass is 260 g/mol. The van der Waals surface area contributed by atoms with E-state index in [1.54, 1.807) is 25.4 Å². The zero-order valence-corrected chi connectivity index (χ0v) is 11.3. The van der Waals surface area contributed by atoms with Crippen molar-refractivity contribution in [3.05, 3.63) is 47.3 Å². The minimum Gasteiger partial charge on any atom is -0.333 e. The summed E-state index contributed by atoms with van der Waals surface area (Å²) < 4.78 is 0. The van der Waals surface area contributed by atoms with E-state index in [1.165, 1.54) is 15.3 Å². The molecule has 0 atom stereocenters. The topological polar surface area (TPSA) is 32.3 Å². The van der Waals surface area contributed by atoms with Gasteiger partial charge in [0.25, 0.3) is 0 Å². The van der Waals surface area contributed by atoms with Crippen molar-refractivity contribution in [3.8, 4) is 10.4 Å². The van der Waals surface area contributed by atoms with Crippen molar-refractivity contribution >= 4 is 17.4 Å². The maximum absolute atomic E-state index is 11.4. The predicted molar refractivity (Wildman–Crippen MR) is 75.7 cm³/mol. The van der Waals surface area contributed by atoms with Crippen LogP contribution < -0.4 is 5.32 Å². The molecule has 0 unspecified atom stereocenters. The molecule has 0 radical (unpaired) electrons. The van der Waals surface area contributed by atoms with Gasteiger partial charge in [-0.05, 0) is 17.7 Å². The zero-order chi connectivity index (χ0) is 13.0. The zero-order valence-electron chi connectivity index (χ0n) is 10.5. The van der Waals surface area contributed by atoms with E-state index in [2.05, 4.69) is 29.6 Å². The van der Waals surface area contributed by atoms with Gasteiger partial charge in [-0.15, -0.1) is 11.3 Å². The number of nitrogens with zero attached hydrogens (tertiary/aromatic N) is 1. The lowest BCUT2D eigenvalue weighted by atomic mass is 10.2. The van der Waals surface area contributed by atoms with Gasteiger partial charge < -0.3 is 10.2 Å². The molecule has 1 aromatic carbocycles. The second-order valence-electron chi connectivity index (χ2n) is 4.19. The third-order valence-electron chi connectivity index (χ3n) is 2.54. The average molecular weight is 260 g/mol. The van der Waals surface area contributed by atoms with Crippen LogP contribution in [0.3, 0.4) is 0 Å². The predicted octanol–water partition coefficient (Wildman–Crippen LogP) is 3.19. The van der Waals surface area contributed by atoms with Crippen LogP contribution in [0.15, 0.2) is 42.5 Å². The molecule has 0 aliphatic heterocycles. The van der Waals surface area contributed by atoms with Crippen molar-refractivity contribution < 1.29 is 4.79 Å². The van der Waals surface area contributed by atoms with Crippen molar-refractivity contribution in [2.45, 2.75) is 6.54 Å². The van der Waals surface area contributed by atoms with Crippen molar-refractivity contribution in [2.75, 3.05) is 14.1 Å². The summed E-state index contributed by atoms with van der Waals surface area (Å²) in [7, 11) is 3.47. The molecule has 2 amide bonds. The molecule has 2 rings (SSSR count). The van der Waals surface area contributed by atoms with E-state index in [4.69, 9.17) is 0 Å². The molecule has 1 N–H and O–H groups in total. The number of rotatable bonds is 3. The highest BCUT2D eigenvalue weighted by Crippen LogP contribution is 2.27. The van der Waals surface area contributed by atoms with Gasteiger partial charge in [-0.2, -0.15) is 0 Å². The van der Waals surface area contributed by atoms with Gasteiger partial charge in [-0.25, -0.2) is 4.79 Å². The summed E-state index contributed by atoms with van der Waals surface area (Å²) in [6.07, 6.45) is 0. The van der Waals surface area contributed by atoms with E-state index in [-0.39, 0.29) is 6.03 Å². The quantitative estimate of drug-likeness (QED) is 0.903. The van der Waals surface area contributed by atoms with Crippen LogP contribution in [-0.2, 0) is 6.54 Å². The molecular weight excluding hydrogens is 244 g/mol. The first kappa shape index (κ1) is 12.6. The van der Waals surface area contributed by atoms with Crippen molar-refractivity contribution in [3.63, 3.8) is 0 Å². The van der Waals surface area contributed by atoms with E-state index in [1.807, 2.05) is 18.2 Å². The van der Waals surface area contributed by atoms with Crippen LogP contribution in [0.5, 0.6) is 0 Å². The number of carbonyl (C=O) groups excluding carboxylic acids is 1. The number of hydrogen-bond acceptors (Lipinski definition) is 2. The maximum atomic E-state index is 11.4. The summed E-state index contributed by atoms with van der Waals surface area (Å²) >= 11 is 1.71. The summed E-state index contributed by atoms with van der Waals surface area (Å²) in [5.41, 5.74) is 1.22. The highest BCUT2D eigenvalue weighted by molar-refractivity contribution is 7.15. The fourth-order valence-corrected chi connectivity index (χ4v) is 2.50. The number of urea groups is 1. The Kier molecular flexibility index (Phi) is 3.99. The molecule has 0 bridgehead atoms. The summed E-state index contributed by atoms with van der Waals surface area (Å²) in [5.74, 6) is 0. The van der Waals surface area contributed by atoms with Gasteiger partial charge in [0.2, 0.25) is 0 Å². The Hall–Kier alpha value is -1.81. The molecule has 0 spiro atoms. The fraction of sp³-hybridized carbons (Fsp3) is 0.214. The minimum atomic E-state index is -0.0651. The van der Waals surface area contributed by atoms with Gasteiger partial charge in [0.15, 0.2) is 0 Å². The first-order valence-corrected chi connectivity index (χ1v) is 6.58. The Morgan fingerprint density at radius 1 is 1.17 bits per heavy atom. The third-order valence-corrected chi connectivity index (χ3v) is 3.67. The Labute approximate surface area is 111 Å². The molecule has 1 heterocycles. The van der Waals surface area contributed by atoms with Crippen LogP contribution in [0.4, 0.5) is 4.79 Å². The summed E-state index contributed by atoms with van der Waals surface area (Å²) in [4.78, 5) is 15.3. The molecule has 3 nitrogen and oxygen atoms in total. The van der Waals surface area contributed by atoms with Crippen molar-refractivity contribution in [2.24, 2.45) is 0 Å². The Morgan fingerprint density at radius 2 is 1.89 bits per heavy atom. The first-order chi connectivity index (χ1) is 8.66. The molecule has 2 aromatic rings. The second kappa shape index (κ2) is 5.69. The van der Waals surface area contributed by atoms with Gasteiger partial charge in [0.05, 0.1) is 6.54 Å². The van der Waals surface area contributed by atoms with E-state index in [0.29, 0.717) is 6.54 Å². The largest absolute Gasteiger partial charge is 0.333 e. The first-order valence-electron chi connectivity index (χ1n) is 5.76. The van der Waals surface area contributed by atoms with Gasteiger partial charge in [-0.3, -0.25) is 0 Å². The van der Waals surface area contributed by atoms with Crippen LogP contribution in [0.1, 0.15) is 4.88 Å². The lowest BCUT2D eigenvalue weighted by molar-refractivity contribution is 0.217. The van der Waals surface area contributed by atoms with E-state index in [0.717, 1.165) is 4.88 Å². The van der Waals surface area contributed by atoms with E-state index >= 15 is 0 Å². The van der Waals surface area contributed by atoms with Gasteiger partial charge >= 0.3 is 6.03 Å². The highest BCUT2D eigenvalue weighted by Gasteiger charge is 2.05. The lowest BCUT2D eigenvalue weighted by Crippen LogP contribution is -2.33. The molecule has 0 aliphatic carbocycles. The summed E-state index contributed by atoms with van der Waals surface area (Å²) in [6, 6.07) is 14.3. The molecule has 1 aromatic heterocycles. The highest BCUT2D eigenvalue weighted by atomic mass is 32.1. The number of carbonyl (C=O) groups is 1. The minimum absolute atomic E-state index is 0.0651. The molecule has 0 saturated carbocycles. The van der Waals surface area contributed by atoms with Crippen molar-refractivity contribution in [1.82, 2.24) is 10.2 Å².